The Kier molecular flexibility index (Phi) is 2.72. The summed E-state index contributed by atoms with van der Waals surface area (Å²) in [5.41, 5.74) is 0.837. The van der Waals surface area contributed by atoms with E-state index in [4.69, 9.17) is 0 Å². The van der Waals surface area contributed by atoms with E-state index in [2.05, 4.69) is 22.2 Å². The molecule has 0 radical (unpaired) electrons. The highest BCUT2D eigenvalue weighted by Crippen LogP contribution is 1.96. The van der Waals surface area contributed by atoms with Crippen LogP contribution in [0.1, 0.15) is 5.69 Å². The minimum atomic E-state index is -0.276. The molecule has 0 spiro atoms. The Morgan fingerprint density at radius 3 is 3.18 bits per heavy atom. The van der Waals surface area contributed by atoms with Gasteiger partial charge in [-0.25, -0.2) is 0 Å². The summed E-state index contributed by atoms with van der Waals surface area (Å²) in [4.78, 5) is 17.0. The van der Waals surface area contributed by atoms with Crippen LogP contribution >= 0.6 is 12.2 Å². The first-order chi connectivity index (χ1) is 5.33. The largest absolute Gasteiger partial charge is 0.365 e. The van der Waals surface area contributed by atoms with Gasteiger partial charge in [0.25, 0.3) is 5.91 Å². The molecule has 4 heteroatoms. The lowest BCUT2D eigenvalue weighted by Gasteiger charge is -1.88. The van der Waals surface area contributed by atoms with Gasteiger partial charge in [0.05, 0.1) is 11.6 Å². The highest BCUT2D eigenvalue weighted by Gasteiger charge is 1.99. The van der Waals surface area contributed by atoms with Crippen LogP contribution in [-0.2, 0) is 11.2 Å². The highest BCUT2D eigenvalue weighted by atomic mass is 32.1. The number of nitrogens with one attached hydrogen (secondary N) is 1. The molecule has 56 valence electrons. The molecule has 0 saturated heterocycles. The minimum Gasteiger partial charge on any atom is -0.365 e. The van der Waals surface area contributed by atoms with Crippen LogP contribution in [0.4, 0.5) is 0 Å². The molecule has 1 rings (SSSR count). The summed E-state index contributed by atoms with van der Waals surface area (Å²) in [6.45, 7) is 0. The van der Waals surface area contributed by atoms with Crippen molar-refractivity contribution in [3.05, 3.63) is 24.0 Å². The van der Waals surface area contributed by atoms with Gasteiger partial charge >= 0.3 is 0 Å². The van der Waals surface area contributed by atoms with Gasteiger partial charge in [0.15, 0.2) is 0 Å². The van der Waals surface area contributed by atoms with Crippen molar-refractivity contribution in [3.8, 4) is 0 Å². The molecule has 0 aliphatic carbocycles. The molecule has 3 nitrogen and oxygen atoms in total. The van der Waals surface area contributed by atoms with Crippen molar-refractivity contribution in [2.24, 2.45) is 4.99 Å². The monoisotopic (exact) mass is 166 g/mol. The van der Waals surface area contributed by atoms with Crippen molar-refractivity contribution in [2.75, 3.05) is 0 Å². The summed E-state index contributed by atoms with van der Waals surface area (Å²) in [6, 6.07) is 3.64. The maximum atomic E-state index is 10.8. The predicted octanol–water partition coefficient (Wildman–Crippen LogP) is 1.19. The molecule has 1 aromatic heterocycles. The van der Waals surface area contributed by atoms with E-state index in [0.29, 0.717) is 0 Å². The number of aliphatic imine (C=N–C) groups is 1. The van der Waals surface area contributed by atoms with Crippen LogP contribution in [-0.4, -0.2) is 16.1 Å². The number of aromatic amines is 1. The van der Waals surface area contributed by atoms with Crippen molar-refractivity contribution in [1.82, 2.24) is 4.98 Å². The van der Waals surface area contributed by atoms with Gasteiger partial charge in [-0.05, 0) is 24.4 Å². The number of hydrogen-bond acceptors (Lipinski definition) is 2. The third-order valence-electron chi connectivity index (χ3n) is 1.17. The molecule has 0 aromatic carbocycles. The van der Waals surface area contributed by atoms with Crippen molar-refractivity contribution in [3.63, 3.8) is 0 Å². The smallest absolute Gasteiger partial charge is 0.260 e. The summed E-state index contributed by atoms with van der Waals surface area (Å²) >= 11 is 4.28. The molecule has 0 unspecified atom stereocenters. The second kappa shape index (κ2) is 3.81. The van der Waals surface area contributed by atoms with Gasteiger partial charge in [-0.1, -0.05) is 0 Å². The molecule has 0 aliphatic rings. The standard InChI is InChI=1S/C7H6N2OS/c10-7(9-5-11)4-6-2-1-3-8-6/h1-3,8H,4H2. The molecule has 1 amide bonds. The Hall–Kier alpha value is -1.25. The maximum absolute atomic E-state index is 10.8. The van der Waals surface area contributed by atoms with Crippen molar-refractivity contribution >= 4 is 23.3 Å². The quantitative estimate of drug-likeness (QED) is 0.529. The molecule has 11 heavy (non-hydrogen) atoms. The number of nitrogens with zero attached hydrogens (tertiary/aromatic N) is 1. The fourth-order valence-corrected chi connectivity index (χ4v) is 0.833. The average Bonchev–Trinajstić information content (AvgIpc) is 2.40. The molecule has 1 N–H and O–H groups in total. The molecule has 0 fully saturated rings. The summed E-state index contributed by atoms with van der Waals surface area (Å²) in [7, 11) is 0. The van der Waals surface area contributed by atoms with E-state index in [9.17, 15) is 4.79 Å². The van der Waals surface area contributed by atoms with E-state index in [0.717, 1.165) is 5.69 Å². The summed E-state index contributed by atoms with van der Waals surface area (Å²) in [5, 5.41) is 2.02. The normalized spacial score (nSPS) is 8.73. The van der Waals surface area contributed by atoms with Crippen LogP contribution in [0, 0.1) is 0 Å². The summed E-state index contributed by atoms with van der Waals surface area (Å²) in [5.74, 6) is -0.276. The second-order valence-electron chi connectivity index (χ2n) is 1.97. The van der Waals surface area contributed by atoms with Gasteiger partial charge in [-0.2, -0.15) is 4.99 Å². The number of rotatable bonds is 2. The number of carbonyl (C=O) groups excluding carboxylic acids is 1. The zero-order valence-corrected chi connectivity index (χ0v) is 6.52. The maximum Gasteiger partial charge on any atom is 0.260 e. The number of isothiocyanates is 1. The fraction of sp³-hybridized carbons (Fsp3) is 0.143. The van der Waals surface area contributed by atoms with Crippen LogP contribution in [0.3, 0.4) is 0 Å². The van der Waals surface area contributed by atoms with Crippen LogP contribution in [0.25, 0.3) is 0 Å². The second-order valence-corrected chi connectivity index (χ2v) is 2.15. The molecular formula is C7H6N2OS. The van der Waals surface area contributed by atoms with Crippen LogP contribution < -0.4 is 0 Å². The van der Waals surface area contributed by atoms with E-state index in [-0.39, 0.29) is 12.3 Å². The topological polar surface area (TPSA) is 45.2 Å². The number of thiocarbonyl (C=S) groups is 1. The summed E-state index contributed by atoms with van der Waals surface area (Å²) in [6.07, 6.45) is 2.01. The fourth-order valence-electron chi connectivity index (χ4n) is 0.731. The van der Waals surface area contributed by atoms with E-state index in [1.165, 1.54) is 0 Å². The van der Waals surface area contributed by atoms with Crippen LogP contribution in [0.5, 0.6) is 0 Å². The van der Waals surface area contributed by atoms with Gasteiger partial charge < -0.3 is 4.98 Å². The Morgan fingerprint density at radius 2 is 2.64 bits per heavy atom. The van der Waals surface area contributed by atoms with E-state index in [1.807, 2.05) is 17.3 Å². The lowest BCUT2D eigenvalue weighted by Crippen LogP contribution is -1.97. The first-order valence-electron chi connectivity index (χ1n) is 3.06. The number of carbonyl (C=O) groups is 1. The Balaban J connectivity index is 2.57. The van der Waals surface area contributed by atoms with Gasteiger partial charge in [0.2, 0.25) is 0 Å². The third kappa shape index (κ3) is 2.45. The highest BCUT2D eigenvalue weighted by molar-refractivity contribution is 7.78. The lowest BCUT2D eigenvalue weighted by molar-refractivity contribution is -0.117. The van der Waals surface area contributed by atoms with Gasteiger partial charge in [0, 0.05) is 11.9 Å². The van der Waals surface area contributed by atoms with E-state index in [1.54, 1.807) is 6.20 Å². The number of amides is 1. The molecule has 1 heterocycles. The van der Waals surface area contributed by atoms with Gasteiger partial charge in [-0.15, -0.1) is 0 Å². The molecule has 0 aliphatic heterocycles. The number of hydrogen-bond donors (Lipinski definition) is 1. The number of H-pyrrole nitrogens is 1. The first-order valence-corrected chi connectivity index (χ1v) is 3.46. The zero-order chi connectivity index (χ0) is 8.10. The molecule has 0 atom stereocenters. The average molecular weight is 166 g/mol. The zero-order valence-electron chi connectivity index (χ0n) is 5.70. The number of aromatic nitrogens is 1. The van der Waals surface area contributed by atoms with Gasteiger partial charge in [-0.3, -0.25) is 4.79 Å². The molecule has 0 saturated carbocycles. The first kappa shape index (κ1) is 7.85. The molecular weight excluding hydrogens is 160 g/mol. The van der Waals surface area contributed by atoms with Crippen molar-refractivity contribution < 1.29 is 4.79 Å². The Morgan fingerprint density at radius 1 is 1.82 bits per heavy atom. The minimum absolute atomic E-state index is 0.261. The van der Waals surface area contributed by atoms with Crippen LogP contribution in [0.2, 0.25) is 0 Å². The lowest BCUT2D eigenvalue weighted by atomic mass is 10.3. The third-order valence-corrected chi connectivity index (χ3v) is 1.27. The van der Waals surface area contributed by atoms with E-state index < -0.39 is 0 Å². The van der Waals surface area contributed by atoms with Gasteiger partial charge in [0.1, 0.15) is 0 Å². The molecule has 0 bridgehead atoms. The Labute approximate surface area is 69.2 Å². The SMILES string of the molecule is O=C(Cc1ccc[nH]1)N=C=S. The molecule has 1 aromatic rings. The Bertz CT molecular complexity index is 285. The van der Waals surface area contributed by atoms with Crippen LogP contribution in [0.15, 0.2) is 23.3 Å². The summed E-state index contributed by atoms with van der Waals surface area (Å²) < 4.78 is 0. The van der Waals surface area contributed by atoms with E-state index >= 15 is 0 Å². The predicted molar refractivity (Wildman–Crippen MR) is 44.5 cm³/mol. The van der Waals surface area contributed by atoms with Crippen molar-refractivity contribution in [1.29, 1.82) is 0 Å². The van der Waals surface area contributed by atoms with Crippen molar-refractivity contribution in [2.45, 2.75) is 6.42 Å².